The minimum absolute atomic E-state index is 0.673. The minimum Gasteiger partial charge on any atom is -0.330 e. The van der Waals surface area contributed by atoms with E-state index in [4.69, 9.17) is 5.73 Å². The van der Waals surface area contributed by atoms with Crippen LogP contribution in [-0.4, -0.2) is 48.6 Å². The van der Waals surface area contributed by atoms with Gasteiger partial charge in [-0.25, -0.2) is 0 Å². The second-order valence-corrected chi connectivity index (χ2v) is 5.78. The third-order valence-corrected chi connectivity index (χ3v) is 4.26. The Labute approximate surface area is 117 Å². The quantitative estimate of drug-likeness (QED) is 0.849. The van der Waals surface area contributed by atoms with Crippen LogP contribution in [0.1, 0.15) is 25.3 Å². The molecule has 1 aromatic rings. The first kappa shape index (κ1) is 14.5. The minimum atomic E-state index is 0.673. The van der Waals surface area contributed by atoms with E-state index in [0.717, 1.165) is 26.1 Å². The van der Waals surface area contributed by atoms with E-state index >= 15 is 0 Å². The Bertz CT molecular complexity index is 356. The van der Waals surface area contributed by atoms with Crippen molar-refractivity contribution in [3.8, 4) is 0 Å². The van der Waals surface area contributed by atoms with Crippen molar-refractivity contribution in [2.24, 2.45) is 5.73 Å². The lowest BCUT2D eigenvalue weighted by atomic mass is 10.1. The van der Waals surface area contributed by atoms with Crippen molar-refractivity contribution in [3.05, 3.63) is 35.9 Å². The van der Waals surface area contributed by atoms with Crippen LogP contribution in [-0.2, 0) is 6.54 Å². The van der Waals surface area contributed by atoms with Crippen LogP contribution in [0.5, 0.6) is 0 Å². The topological polar surface area (TPSA) is 32.5 Å². The van der Waals surface area contributed by atoms with Gasteiger partial charge >= 0.3 is 0 Å². The highest BCUT2D eigenvalue weighted by atomic mass is 15.3. The van der Waals surface area contributed by atoms with Crippen LogP contribution >= 0.6 is 0 Å². The van der Waals surface area contributed by atoms with Crippen LogP contribution in [0.15, 0.2) is 30.3 Å². The molecule has 1 aliphatic heterocycles. The number of rotatable bonds is 6. The molecule has 1 aromatic carbocycles. The van der Waals surface area contributed by atoms with E-state index in [9.17, 15) is 0 Å². The zero-order valence-electron chi connectivity index (χ0n) is 12.3. The molecule has 2 unspecified atom stereocenters. The summed E-state index contributed by atoms with van der Waals surface area (Å²) in [4.78, 5) is 5.08. The van der Waals surface area contributed by atoms with Crippen molar-refractivity contribution in [1.82, 2.24) is 9.80 Å². The molecule has 1 fully saturated rings. The number of hydrogen-bond acceptors (Lipinski definition) is 3. The molecule has 1 saturated heterocycles. The molecule has 106 valence electrons. The van der Waals surface area contributed by atoms with Gasteiger partial charge in [0, 0.05) is 31.7 Å². The molecule has 3 heteroatoms. The van der Waals surface area contributed by atoms with E-state index in [2.05, 4.69) is 54.1 Å². The van der Waals surface area contributed by atoms with E-state index in [1.54, 1.807) is 0 Å². The van der Waals surface area contributed by atoms with Gasteiger partial charge in [-0.2, -0.15) is 0 Å². The molecule has 19 heavy (non-hydrogen) atoms. The van der Waals surface area contributed by atoms with Gasteiger partial charge in [-0.3, -0.25) is 4.90 Å². The first-order valence-electron chi connectivity index (χ1n) is 7.39. The number of benzene rings is 1. The van der Waals surface area contributed by atoms with Crippen LogP contribution < -0.4 is 5.73 Å². The molecule has 0 radical (unpaired) electrons. The van der Waals surface area contributed by atoms with Crippen LogP contribution in [0.25, 0.3) is 0 Å². The molecule has 0 saturated carbocycles. The first-order valence-corrected chi connectivity index (χ1v) is 7.39. The summed E-state index contributed by atoms with van der Waals surface area (Å²) in [5.41, 5.74) is 7.09. The average Bonchev–Trinajstić information content (AvgIpc) is 2.76. The number of nitrogens with two attached hydrogens (primary N) is 1. The Kier molecular flexibility index (Phi) is 5.37. The summed E-state index contributed by atoms with van der Waals surface area (Å²) >= 11 is 0. The van der Waals surface area contributed by atoms with Gasteiger partial charge in [0.1, 0.15) is 0 Å². The summed E-state index contributed by atoms with van der Waals surface area (Å²) in [6.07, 6.45) is 2.36. The van der Waals surface area contributed by atoms with Crippen molar-refractivity contribution in [3.63, 3.8) is 0 Å². The molecule has 2 atom stereocenters. The Balaban J connectivity index is 1.99. The normalized spacial score (nSPS) is 24.2. The molecule has 2 rings (SSSR count). The van der Waals surface area contributed by atoms with Crippen molar-refractivity contribution < 1.29 is 0 Å². The molecule has 0 aromatic heterocycles. The molecule has 2 N–H and O–H groups in total. The Hall–Kier alpha value is -0.900. The summed E-state index contributed by atoms with van der Waals surface area (Å²) in [5.74, 6) is 0. The van der Waals surface area contributed by atoms with Crippen molar-refractivity contribution in [2.75, 3.05) is 26.7 Å². The van der Waals surface area contributed by atoms with Gasteiger partial charge in [-0.15, -0.1) is 0 Å². The highest BCUT2D eigenvalue weighted by Crippen LogP contribution is 2.22. The van der Waals surface area contributed by atoms with Gasteiger partial charge in [0.05, 0.1) is 0 Å². The summed E-state index contributed by atoms with van der Waals surface area (Å²) in [7, 11) is 2.23. The molecule has 1 aliphatic rings. The monoisotopic (exact) mass is 261 g/mol. The van der Waals surface area contributed by atoms with E-state index < -0.39 is 0 Å². The number of nitrogens with zero attached hydrogens (tertiary/aromatic N) is 2. The second-order valence-electron chi connectivity index (χ2n) is 5.78. The summed E-state index contributed by atoms with van der Waals surface area (Å²) in [6, 6.07) is 12.1. The third-order valence-electron chi connectivity index (χ3n) is 4.26. The van der Waals surface area contributed by atoms with Crippen molar-refractivity contribution in [1.29, 1.82) is 0 Å². The third kappa shape index (κ3) is 4.03. The maximum absolute atomic E-state index is 5.69. The second kappa shape index (κ2) is 7.04. The Morgan fingerprint density at radius 3 is 2.63 bits per heavy atom. The fourth-order valence-corrected chi connectivity index (χ4v) is 2.93. The smallest absolute Gasteiger partial charge is 0.0241 e. The van der Waals surface area contributed by atoms with Gasteiger partial charge < -0.3 is 10.6 Å². The van der Waals surface area contributed by atoms with Gasteiger partial charge in [-0.1, -0.05) is 30.3 Å². The Morgan fingerprint density at radius 2 is 2.05 bits per heavy atom. The van der Waals surface area contributed by atoms with E-state index in [0.29, 0.717) is 12.1 Å². The molecular formula is C16H27N3. The predicted octanol–water partition coefficient (Wildman–Crippen LogP) is 1.93. The molecule has 0 amide bonds. The van der Waals surface area contributed by atoms with E-state index in [1.807, 2.05) is 0 Å². The SMILES string of the molecule is CC1CC(N(CCCN)Cc2ccccc2)CN1C. The molecule has 0 spiro atoms. The number of hydrogen-bond donors (Lipinski definition) is 1. The summed E-state index contributed by atoms with van der Waals surface area (Å²) < 4.78 is 0. The first-order chi connectivity index (χ1) is 9.20. The summed E-state index contributed by atoms with van der Waals surface area (Å²) in [6.45, 7) is 6.44. The van der Waals surface area contributed by atoms with Crippen LogP contribution in [0.2, 0.25) is 0 Å². The lowest BCUT2D eigenvalue weighted by Crippen LogP contribution is -2.38. The van der Waals surface area contributed by atoms with Crippen molar-refractivity contribution in [2.45, 2.75) is 38.4 Å². The van der Waals surface area contributed by atoms with Crippen molar-refractivity contribution >= 4 is 0 Å². The molecular weight excluding hydrogens is 234 g/mol. The highest BCUT2D eigenvalue weighted by molar-refractivity contribution is 5.14. The van der Waals surface area contributed by atoms with E-state index in [1.165, 1.54) is 18.5 Å². The number of likely N-dealkylation sites (tertiary alicyclic amines) is 1. The van der Waals surface area contributed by atoms with Gasteiger partial charge in [0.25, 0.3) is 0 Å². The number of likely N-dealkylation sites (N-methyl/N-ethyl adjacent to an activating group) is 1. The van der Waals surface area contributed by atoms with Gasteiger partial charge in [-0.05, 0) is 38.9 Å². The lowest BCUT2D eigenvalue weighted by molar-refractivity contribution is 0.188. The van der Waals surface area contributed by atoms with Crippen LogP contribution in [0.3, 0.4) is 0 Å². The molecule has 0 aliphatic carbocycles. The fraction of sp³-hybridized carbons (Fsp3) is 0.625. The standard InChI is InChI=1S/C16H27N3/c1-14-11-16(13-18(14)2)19(10-6-9-17)12-15-7-4-3-5-8-15/h3-5,7-8,14,16H,6,9-13,17H2,1-2H3. The van der Waals surface area contributed by atoms with Crippen LogP contribution in [0.4, 0.5) is 0 Å². The molecule has 1 heterocycles. The molecule has 3 nitrogen and oxygen atoms in total. The maximum atomic E-state index is 5.69. The maximum Gasteiger partial charge on any atom is 0.0241 e. The predicted molar refractivity (Wildman–Crippen MR) is 81.0 cm³/mol. The van der Waals surface area contributed by atoms with E-state index in [-0.39, 0.29) is 0 Å². The van der Waals surface area contributed by atoms with Crippen LogP contribution in [0, 0.1) is 0 Å². The largest absolute Gasteiger partial charge is 0.330 e. The Morgan fingerprint density at radius 1 is 1.32 bits per heavy atom. The van der Waals surface area contributed by atoms with Gasteiger partial charge in [0.2, 0.25) is 0 Å². The fourth-order valence-electron chi connectivity index (χ4n) is 2.93. The van der Waals surface area contributed by atoms with Gasteiger partial charge in [0.15, 0.2) is 0 Å². The highest BCUT2D eigenvalue weighted by Gasteiger charge is 2.30. The average molecular weight is 261 g/mol. The zero-order chi connectivity index (χ0) is 13.7. The zero-order valence-corrected chi connectivity index (χ0v) is 12.3. The molecule has 0 bridgehead atoms. The lowest BCUT2D eigenvalue weighted by Gasteiger charge is -2.28. The summed E-state index contributed by atoms with van der Waals surface area (Å²) in [5, 5.41) is 0.